The number of benzene rings is 1. The fourth-order valence-corrected chi connectivity index (χ4v) is 2.17. The molecule has 0 aliphatic carbocycles. The lowest BCUT2D eigenvalue weighted by molar-refractivity contribution is 1.25. The van der Waals surface area contributed by atoms with Gasteiger partial charge in [-0.05, 0) is 29.8 Å². The lowest BCUT2D eigenvalue weighted by atomic mass is 10.1. The Labute approximate surface area is 118 Å². The van der Waals surface area contributed by atoms with E-state index in [9.17, 15) is 0 Å². The molecule has 0 saturated carbocycles. The third-order valence-corrected chi connectivity index (χ3v) is 3.23. The van der Waals surface area contributed by atoms with Gasteiger partial charge in [-0.2, -0.15) is 0 Å². The topological polar surface area (TPSA) is 25.8 Å². The summed E-state index contributed by atoms with van der Waals surface area (Å²) in [4.78, 5) is 9.24. The average Bonchev–Trinajstić information content (AvgIpc) is 2.53. The van der Waals surface area contributed by atoms with Gasteiger partial charge in [0.05, 0.1) is 22.6 Å². The van der Waals surface area contributed by atoms with Gasteiger partial charge in [-0.1, -0.05) is 49.6 Å². The number of aromatic nitrogens is 2. The Hall–Kier alpha value is -2.74. The van der Waals surface area contributed by atoms with Crippen molar-refractivity contribution in [2.75, 3.05) is 0 Å². The van der Waals surface area contributed by atoms with Crippen LogP contribution >= 0.6 is 0 Å². The molecule has 0 atom stereocenters. The number of fused-ring (bicyclic) bond motifs is 1. The normalized spacial score (nSPS) is 10.4. The monoisotopic (exact) mass is 258 g/mol. The number of nitrogens with zero attached hydrogens (tertiary/aromatic N) is 2. The van der Waals surface area contributed by atoms with E-state index in [-0.39, 0.29) is 0 Å². The number of para-hydroxylation sites is 1. The van der Waals surface area contributed by atoms with Crippen LogP contribution in [0.15, 0.2) is 61.7 Å². The van der Waals surface area contributed by atoms with Crippen LogP contribution < -0.4 is 0 Å². The van der Waals surface area contributed by atoms with Crippen LogP contribution in [0.4, 0.5) is 0 Å². The van der Waals surface area contributed by atoms with Crippen molar-refractivity contribution < 1.29 is 0 Å². The quantitative estimate of drug-likeness (QED) is 0.687. The molecule has 0 aliphatic rings. The molecule has 2 heteroatoms. The molecule has 20 heavy (non-hydrogen) atoms. The molecule has 2 aromatic heterocycles. The number of hydrogen-bond donors (Lipinski definition) is 0. The van der Waals surface area contributed by atoms with Crippen molar-refractivity contribution in [1.82, 2.24) is 9.97 Å². The summed E-state index contributed by atoms with van der Waals surface area (Å²) in [6.07, 6.45) is 3.52. The van der Waals surface area contributed by atoms with Gasteiger partial charge in [-0.15, -0.1) is 0 Å². The zero-order valence-corrected chi connectivity index (χ0v) is 11.1. The molecule has 0 N–H and O–H groups in total. The van der Waals surface area contributed by atoms with Crippen molar-refractivity contribution in [3.8, 4) is 11.4 Å². The first-order chi connectivity index (χ1) is 9.81. The summed E-state index contributed by atoms with van der Waals surface area (Å²) in [5.41, 5.74) is 4.48. The second-order valence-electron chi connectivity index (χ2n) is 4.47. The van der Waals surface area contributed by atoms with E-state index in [1.165, 1.54) is 0 Å². The maximum Gasteiger partial charge on any atom is 0.0894 e. The van der Waals surface area contributed by atoms with Crippen LogP contribution in [0.2, 0.25) is 0 Å². The highest BCUT2D eigenvalue weighted by molar-refractivity contribution is 5.81. The molecular weight excluding hydrogens is 244 g/mol. The van der Waals surface area contributed by atoms with Crippen molar-refractivity contribution in [2.24, 2.45) is 0 Å². The predicted octanol–water partition coefficient (Wildman–Crippen LogP) is 4.58. The first kappa shape index (κ1) is 12.3. The van der Waals surface area contributed by atoms with E-state index >= 15 is 0 Å². The molecule has 0 radical (unpaired) electrons. The molecule has 2 nitrogen and oxygen atoms in total. The van der Waals surface area contributed by atoms with E-state index in [0.717, 1.165) is 33.5 Å². The van der Waals surface area contributed by atoms with Gasteiger partial charge < -0.3 is 0 Å². The van der Waals surface area contributed by atoms with Crippen molar-refractivity contribution >= 4 is 23.1 Å². The summed E-state index contributed by atoms with van der Waals surface area (Å²) in [6, 6.07) is 16.1. The van der Waals surface area contributed by atoms with Crippen molar-refractivity contribution in [2.45, 2.75) is 0 Å². The van der Waals surface area contributed by atoms with Crippen molar-refractivity contribution in [3.63, 3.8) is 0 Å². The molecule has 0 fully saturated rings. The number of hydrogen-bond acceptors (Lipinski definition) is 2. The van der Waals surface area contributed by atoms with Crippen LogP contribution in [0.5, 0.6) is 0 Å². The highest BCUT2D eigenvalue weighted by Crippen LogP contribution is 2.21. The lowest BCUT2D eigenvalue weighted by Crippen LogP contribution is -1.92. The van der Waals surface area contributed by atoms with Crippen LogP contribution in [0, 0.1) is 0 Å². The Bertz CT molecular complexity index is 803. The maximum absolute atomic E-state index is 4.65. The highest BCUT2D eigenvalue weighted by Gasteiger charge is 2.05. The van der Waals surface area contributed by atoms with E-state index in [2.05, 4.69) is 35.3 Å². The van der Waals surface area contributed by atoms with Gasteiger partial charge in [0.15, 0.2) is 0 Å². The SMILES string of the molecule is C=Cc1ccc(-c2ccc3ccccc3n2)nc1C=C. The Balaban J connectivity index is 2.15. The smallest absolute Gasteiger partial charge is 0.0894 e. The Morgan fingerprint density at radius 2 is 1.50 bits per heavy atom. The molecule has 0 unspecified atom stereocenters. The first-order valence-electron chi connectivity index (χ1n) is 6.44. The molecule has 3 rings (SSSR count). The van der Waals surface area contributed by atoms with Gasteiger partial charge in [-0.3, -0.25) is 0 Å². The van der Waals surface area contributed by atoms with Gasteiger partial charge >= 0.3 is 0 Å². The van der Waals surface area contributed by atoms with Crippen LogP contribution in [-0.4, -0.2) is 9.97 Å². The van der Waals surface area contributed by atoms with E-state index in [0.29, 0.717) is 0 Å². The standard InChI is InChI=1S/C18H14N2/c1-3-13-9-11-17(19-15(13)4-2)18-12-10-14-7-5-6-8-16(14)20-18/h3-12H,1-2H2. The molecule has 0 amide bonds. The largest absolute Gasteiger partial charge is 0.246 e. The summed E-state index contributed by atoms with van der Waals surface area (Å²) in [5, 5.41) is 1.13. The molecule has 0 spiro atoms. The number of rotatable bonds is 3. The van der Waals surface area contributed by atoms with Gasteiger partial charge in [0.1, 0.15) is 0 Å². The summed E-state index contributed by atoms with van der Waals surface area (Å²) >= 11 is 0. The third kappa shape index (κ3) is 2.12. The summed E-state index contributed by atoms with van der Waals surface area (Å²) < 4.78 is 0. The van der Waals surface area contributed by atoms with E-state index < -0.39 is 0 Å². The molecule has 96 valence electrons. The fraction of sp³-hybridized carbons (Fsp3) is 0. The average molecular weight is 258 g/mol. The van der Waals surface area contributed by atoms with Gasteiger partial charge in [-0.25, -0.2) is 9.97 Å². The predicted molar refractivity (Wildman–Crippen MR) is 85.2 cm³/mol. The third-order valence-electron chi connectivity index (χ3n) is 3.23. The molecule has 1 aromatic carbocycles. The summed E-state index contributed by atoms with van der Waals surface area (Å²) in [6.45, 7) is 7.57. The van der Waals surface area contributed by atoms with Crippen LogP contribution in [0.25, 0.3) is 34.4 Å². The molecule has 3 aromatic rings. The van der Waals surface area contributed by atoms with Crippen molar-refractivity contribution in [3.05, 3.63) is 72.9 Å². The second-order valence-corrected chi connectivity index (χ2v) is 4.47. The lowest BCUT2D eigenvalue weighted by Gasteiger charge is -2.06. The zero-order valence-electron chi connectivity index (χ0n) is 11.1. The molecular formula is C18H14N2. The van der Waals surface area contributed by atoms with Crippen LogP contribution in [-0.2, 0) is 0 Å². The summed E-state index contributed by atoms with van der Waals surface area (Å²) in [7, 11) is 0. The minimum Gasteiger partial charge on any atom is -0.246 e. The van der Waals surface area contributed by atoms with E-state index in [4.69, 9.17) is 0 Å². The Morgan fingerprint density at radius 1 is 0.750 bits per heavy atom. The zero-order chi connectivity index (χ0) is 13.9. The Kier molecular flexibility index (Phi) is 3.13. The first-order valence-corrected chi connectivity index (χ1v) is 6.44. The molecule has 2 heterocycles. The second kappa shape index (κ2) is 5.10. The van der Waals surface area contributed by atoms with Gasteiger partial charge in [0, 0.05) is 5.39 Å². The number of pyridine rings is 2. The van der Waals surface area contributed by atoms with Gasteiger partial charge in [0.2, 0.25) is 0 Å². The van der Waals surface area contributed by atoms with Crippen LogP contribution in [0.3, 0.4) is 0 Å². The molecule has 0 bridgehead atoms. The summed E-state index contributed by atoms with van der Waals surface area (Å²) in [5.74, 6) is 0. The van der Waals surface area contributed by atoms with E-state index in [1.807, 2.05) is 36.4 Å². The van der Waals surface area contributed by atoms with Crippen LogP contribution in [0.1, 0.15) is 11.3 Å². The molecule has 0 aliphatic heterocycles. The fourth-order valence-electron chi connectivity index (χ4n) is 2.17. The molecule has 0 saturated heterocycles. The van der Waals surface area contributed by atoms with Crippen molar-refractivity contribution in [1.29, 1.82) is 0 Å². The van der Waals surface area contributed by atoms with E-state index in [1.54, 1.807) is 12.2 Å². The minimum atomic E-state index is 0.826. The Morgan fingerprint density at radius 3 is 2.30 bits per heavy atom. The highest BCUT2D eigenvalue weighted by atomic mass is 14.8. The van der Waals surface area contributed by atoms with Gasteiger partial charge in [0.25, 0.3) is 0 Å². The minimum absolute atomic E-state index is 0.826. The maximum atomic E-state index is 4.65.